The van der Waals surface area contributed by atoms with E-state index in [0.717, 1.165) is 5.56 Å². The molecule has 2 amide bonds. The number of carboxylic acids is 1. The van der Waals surface area contributed by atoms with Gasteiger partial charge in [0, 0.05) is 18.5 Å². The van der Waals surface area contributed by atoms with Crippen LogP contribution in [-0.2, 0) is 15.0 Å². The van der Waals surface area contributed by atoms with Crippen molar-refractivity contribution in [3.63, 3.8) is 0 Å². The van der Waals surface area contributed by atoms with Crippen molar-refractivity contribution in [3.05, 3.63) is 29.8 Å². The van der Waals surface area contributed by atoms with Crippen LogP contribution in [0.25, 0.3) is 0 Å². The van der Waals surface area contributed by atoms with Gasteiger partial charge in [-0.3, -0.25) is 4.79 Å². The highest BCUT2D eigenvalue weighted by Crippen LogP contribution is 2.23. The third kappa shape index (κ3) is 6.10. The molecule has 6 heteroatoms. The molecule has 0 saturated heterocycles. The molecule has 0 bridgehead atoms. The second-order valence-corrected chi connectivity index (χ2v) is 6.41. The number of anilines is 1. The zero-order valence-electron chi connectivity index (χ0n) is 14.0. The van der Waals surface area contributed by atoms with Crippen molar-refractivity contribution in [2.75, 3.05) is 5.32 Å². The summed E-state index contributed by atoms with van der Waals surface area (Å²) in [6.07, 6.45) is 0.0174. The van der Waals surface area contributed by atoms with Crippen LogP contribution in [0.3, 0.4) is 0 Å². The molecule has 0 aliphatic carbocycles. The monoisotopic (exact) mass is 320 g/mol. The minimum atomic E-state index is -1.23. The lowest BCUT2D eigenvalue weighted by atomic mass is 9.87. The van der Waals surface area contributed by atoms with Crippen molar-refractivity contribution < 1.29 is 19.5 Å². The summed E-state index contributed by atoms with van der Waals surface area (Å²) in [6.45, 7) is 7.91. The molecule has 0 heterocycles. The molecule has 0 radical (unpaired) electrons. The number of nitrogens with one attached hydrogen (secondary N) is 2. The van der Waals surface area contributed by atoms with Gasteiger partial charge in [-0.25, -0.2) is 9.59 Å². The fourth-order valence-corrected chi connectivity index (χ4v) is 1.95. The second kappa shape index (κ2) is 7.76. The molecule has 0 aliphatic rings. The fourth-order valence-electron chi connectivity index (χ4n) is 1.95. The number of carboxylic acid groups (broad SMARTS) is 1. The highest BCUT2D eigenvalue weighted by Gasteiger charge is 2.22. The van der Waals surface area contributed by atoms with Crippen LogP contribution in [0.5, 0.6) is 0 Å². The summed E-state index contributed by atoms with van der Waals surface area (Å²) in [5.41, 5.74) is 1.69. The van der Waals surface area contributed by atoms with Crippen molar-refractivity contribution in [3.8, 4) is 0 Å². The number of hydrogen-bond donors (Lipinski definition) is 3. The minimum absolute atomic E-state index is 0.00963. The second-order valence-electron chi connectivity index (χ2n) is 6.41. The Labute approximate surface area is 136 Å². The van der Waals surface area contributed by atoms with E-state index < -0.39 is 18.0 Å². The van der Waals surface area contributed by atoms with Gasteiger partial charge in [-0.1, -0.05) is 39.8 Å². The SMILES string of the molecule is CCC(=O)CC(NC(=O)Nc1ccc(C(C)(C)C)cc1)C(=O)O. The smallest absolute Gasteiger partial charge is 0.326 e. The number of benzene rings is 1. The van der Waals surface area contributed by atoms with Crippen LogP contribution < -0.4 is 10.6 Å². The molecule has 1 aromatic carbocycles. The van der Waals surface area contributed by atoms with E-state index in [1.165, 1.54) is 0 Å². The predicted octanol–water partition coefficient (Wildman–Crippen LogP) is 2.93. The number of urea groups is 1. The topological polar surface area (TPSA) is 95.5 Å². The molecule has 1 aromatic rings. The van der Waals surface area contributed by atoms with Crippen molar-refractivity contribution >= 4 is 23.5 Å². The Morgan fingerprint density at radius 2 is 1.70 bits per heavy atom. The van der Waals surface area contributed by atoms with Gasteiger partial charge in [-0.15, -0.1) is 0 Å². The Morgan fingerprint density at radius 1 is 1.13 bits per heavy atom. The summed E-state index contributed by atoms with van der Waals surface area (Å²) in [5.74, 6) is -1.45. The maximum absolute atomic E-state index is 11.9. The molecule has 1 atom stereocenters. The van der Waals surface area contributed by atoms with E-state index in [9.17, 15) is 14.4 Å². The van der Waals surface area contributed by atoms with Gasteiger partial charge in [0.1, 0.15) is 11.8 Å². The van der Waals surface area contributed by atoms with E-state index in [0.29, 0.717) is 5.69 Å². The van der Waals surface area contributed by atoms with Crippen molar-refractivity contribution in [1.29, 1.82) is 0 Å². The molecule has 23 heavy (non-hydrogen) atoms. The molecule has 3 N–H and O–H groups in total. The summed E-state index contributed by atoms with van der Waals surface area (Å²) < 4.78 is 0. The zero-order chi connectivity index (χ0) is 17.6. The fraction of sp³-hybridized carbons (Fsp3) is 0.471. The maximum Gasteiger partial charge on any atom is 0.326 e. The zero-order valence-corrected chi connectivity index (χ0v) is 14.0. The number of carbonyl (C=O) groups is 3. The summed E-state index contributed by atoms with van der Waals surface area (Å²) in [4.78, 5) is 34.3. The molecular weight excluding hydrogens is 296 g/mol. The molecule has 6 nitrogen and oxygen atoms in total. The van der Waals surface area contributed by atoms with Gasteiger partial charge in [0.15, 0.2) is 0 Å². The lowest BCUT2D eigenvalue weighted by molar-refractivity contribution is -0.140. The molecule has 0 saturated carbocycles. The summed E-state index contributed by atoms with van der Waals surface area (Å²) in [7, 11) is 0. The molecule has 126 valence electrons. The van der Waals surface area contributed by atoms with Crippen molar-refractivity contribution in [2.24, 2.45) is 0 Å². The lowest BCUT2D eigenvalue weighted by Crippen LogP contribution is -2.44. The minimum Gasteiger partial charge on any atom is -0.480 e. The van der Waals surface area contributed by atoms with Crippen LogP contribution in [0.15, 0.2) is 24.3 Å². The largest absolute Gasteiger partial charge is 0.480 e. The van der Waals surface area contributed by atoms with E-state index in [2.05, 4.69) is 31.4 Å². The first kappa shape index (κ1) is 18.7. The predicted molar refractivity (Wildman–Crippen MR) is 88.6 cm³/mol. The quantitative estimate of drug-likeness (QED) is 0.751. The van der Waals surface area contributed by atoms with Gasteiger partial charge in [0.25, 0.3) is 0 Å². The van der Waals surface area contributed by atoms with Crippen LogP contribution in [-0.4, -0.2) is 28.9 Å². The highest BCUT2D eigenvalue weighted by molar-refractivity contribution is 5.94. The number of rotatable bonds is 6. The maximum atomic E-state index is 11.9. The van der Waals surface area contributed by atoms with Gasteiger partial charge in [-0.05, 0) is 23.1 Å². The van der Waals surface area contributed by atoms with Crippen LogP contribution in [0.2, 0.25) is 0 Å². The Hall–Kier alpha value is -2.37. The van der Waals surface area contributed by atoms with Gasteiger partial charge >= 0.3 is 12.0 Å². The average molecular weight is 320 g/mol. The van der Waals surface area contributed by atoms with E-state index in [1.54, 1.807) is 19.1 Å². The number of carbonyl (C=O) groups excluding carboxylic acids is 2. The van der Waals surface area contributed by atoms with E-state index in [4.69, 9.17) is 5.11 Å². The third-order valence-electron chi connectivity index (χ3n) is 3.44. The molecular formula is C17H24N2O4. The van der Waals surface area contributed by atoms with Gasteiger partial charge in [0.05, 0.1) is 0 Å². The summed E-state index contributed by atoms with van der Waals surface area (Å²) >= 11 is 0. The molecule has 1 unspecified atom stereocenters. The van der Waals surface area contributed by atoms with Gasteiger partial charge in [-0.2, -0.15) is 0 Å². The summed E-state index contributed by atoms with van der Waals surface area (Å²) in [5, 5.41) is 13.9. The lowest BCUT2D eigenvalue weighted by Gasteiger charge is -2.19. The van der Waals surface area contributed by atoms with Crippen LogP contribution in [0.4, 0.5) is 10.5 Å². The molecule has 0 aliphatic heterocycles. The van der Waals surface area contributed by atoms with Crippen molar-refractivity contribution in [1.82, 2.24) is 5.32 Å². The normalized spacial score (nSPS) is 12.3. The number of aliphatic carboxylic acids is 1. The Morgan fingerprint density at radius 3 is 2.13 bits per heavy atom. The van der Waals surface area contributed by atoms with Gasteiger partial charge in [0.2, 0.25) is 0 Å². The Balaban J connectivity index is 2.67. The average Bonchev–Trinajstić information content (AvgIpc) is 2.45. The Bertz CT molecular complexity index is 573. The van der Waals surface area contributed by atoms with Crippen molar-refractivity contribution in [2.45, 2.75) is 52.0 Å². The van der Waals surface area contributed by atoms with E-state index in [-0.39, 0.29) is 24.0 Å². The standard InChI is InChI=1S/C17H24N2O4/c1-5-13(20)10-14(15(21)22)19-16(23)18-12-8-6-11(7-9-12)17(2,3)4/h6-9,14H,5,10H2,1-4H3,(H,21,22)(H2,18,19,23). The molecule has 0 aromatic heterocycles. The van der Waals surface area contributed by atoms with E-state index in [1.807, 2.05) is 12.1 Å². The van der Waals surface area contributed by atoms with Crippen LogP contribution in [0, 0.1) is 0 Å². The summed E-state index contributed by atoms with van der Waals surface area (Å²) in [6, 6.07) is 5.46. The van der Waals surface area contributed by atoms with Crippen LogP contribution in [0.1, 0.15) is 46.1 Å². The number of amides is 2. The molecule has 1 rings (SSSR count). The first-order valence-corrected chi connectivity index (χ1v) is 7.56. The van der Waals surface area contributed by atoms with E-state index >= 15 is 0 Å². The number of hydrogen-bond acceptors (Lipinski definition) is 3. The Kier molecular flexibility index (Phi) is 6.30. The number of Topliss-reactive ketones (excluding diaryl/α,β-unsaturated/α-hetero) is 1. The van der Waals surface area contributed by atoms with Gasteiger partial charge < -0.3 is 15.7 Å². The number of ketones is 1. The van der Waals surface area contributed by atoms with Crippen LogP contribution >= 0.6 is 0 Å². The first-order chi connectivity index (χ1) is 10.6. The molecule has 0 fully saturated rings. The molecule has 0 spiro atoms. The third-order valence-corrected chi connectivity index (χ3v) is 3.44. The first-order valence-electron chi connectivity index (χ1n) is 7.56. The highest BCUT2D eigenvalue weighted by atomic mass is 16.4.